The average molecular weight is 170 g/mol. The predicted molar refractivity (Wildman–Crippen MR) is 39.3 cm³/mol. The van der Waals surface area contributed by atoms with Crippen LogP contribution in [0.2, 0.25) is 0 Å². The van der Waals surface area contributed by atoms with E-state index >= 15 is 0 Å². The van der Waals surface area contributed by atoms with Crippen molar-refractivity contribution in [2.24, 2.45) is 5.41 Å². The molecule has 1 saturated carbocycles. The minimum absolute atomic E-state index is 0.163. The normalized spacial score (nSPS) is 30.8. The third-order valence-electron chi connectivity index (χ3n) is 2.42. The Bertz CT molecular complexity index is 229. The zero-order chi connectivity index (χ0) is 8.60. The van der Waals surface area contributed by atoms with Crippen LogP contribution in [0, 0.1) is 5.41 Å². The zero-order valence-electron chi connectivity index (χ0n) is 6.53. The molecule has 0 saturated heterocycles. The molecule has 1 fully saturated rings. The molecule has 0 bridgehead atoms. The van der Waals surface area contributed by atoms with E-state index in [0.29, 0.717) is 12.8 Å². The van der Waals surface area contributed by atoms with Crippen molar-refractivity contribution < 1.29 is 19.4 Å². The average Bonchev–Trinajstić information content (AvgIpc) is 2.86. The summed E-state index contributed by atoms with van der Waals surface area (Å²) in [4.78, 5) is 10.8. The van der Waals surface area contributed by atoms with Crippen molar-refractivity contribution in [3.63, 3.8) is 0 Å². The minimum atomic E-state index is -0.765. The van der Waals surface area contributed by atoms with Crippen LogP contribution in [0.25, 0.3) is 0 Å². The first-order valence-electron chi connectivity index (χ1n) is 3.89. The lowest BCUT2D eigenvalue weighted by atomic mass is 9.99. The van der Waals surface area contributed by atoms with E-state index < -0.39 is 11.4 Å². The zero-order valence-corrected chi connectivity index (χ0v) is 6.53. The van der Waals surface area contributed by atoms with Crippen LogP contribution in [0.5, 0.6) is 0 Å². The van der Waals surface area contributed by atoms with Crippen LogP contribution in [0.1, 0.15) is 12.8 Å². The molecule has 0 aromatic carbocycles. The van der Waals surface area contributed by atoms with Crippen LogP contribution in [0.15, 0.2) is 12.3 Å². The molecular formula is C8H10O4. The summed E-state index contributed by atoms with van der Waals surface area (Å²) in [6.45, 7) is 0.163. The van der Waals surface area contributed by atoms with E-state index in [-0.39, 0.29) is 12.9 Å². The molecular weight excluding hydrogens is 160 g/mol. The summed E-state index contributed by atoms with van der Waals surface area (Å²) in [5, 5.41) is 8.90. The summed E-state index contributed by atoms with van der Waals surface area (Å²) < 4.78 is 9.98. The van der Waals surface area contributed by atoms with Crippen LogP contribution in [-0.2, 0) is 14.3 Å². The Balaban J connectivity index is 2.12. The van der Waals surface area contributed by atoms with Gasteiger partial charge in [-0.05, 0) is 18.9 Å². The molecule has 66 valence electrons. The molecule has 4 heteroatoms. The van der Waals surface area contributed by atoms with Crippen molar-refractivity contribution in [2.75, 3.05) is 6.79 Å². The summed E-state index contributed by atoms with van der Waals surface area (Å²) in [6.07, 6.45) is 4.29. The highest BCUT2D eigenvalue weighted by Crippen LogP contribution is 2.51. The van der Waals surface area contributed by atoms with Crippen LogP contribution < -0.4 is 0 Å². The molecule has 4 nitrogen and oxygen atoms in total. The lowest BCUT2D eigenvalue weighted by Crippen LogP contribution is -2.33. The Kier molecular flexibility index (Phi) is 1.58. The van der Waals surface area contributed by atoms with Gasteiger partial charge in [0.2, 0.25) is 0 Å². The summed E-state index contributed by atoms with van der Waals surface area (Å²) in [7, 11) is 0. The van der Waals surface area contributed by atoms with Crippen molar-refractivity contribution in [3.8, 4) is 0 Å². The summed E-state index contributed by atoms with van der Waals surface area (Å²) in [6, 6.07) is 0. The third-order valence-corrected chi connectivity index (χ3v) is 2.42. The van der Waals surface area contributed by atoms with Gasteiger partial charge >= 0.3 is 5.97 Å². The Morgan fingerprint density at radius 2 is 2.33 bits per heavy atom. The van der Waals surface area contributed by atoms with Crippen molar-refractivity contribution >= 4 is 5.97 Å². The topological polar surface area (TPSA) is 55.8 Å². The van der Waals surface area contributed by atoms with Gasteiger partial charge in [0.1, 0.15) is 0 Å². The van der Waals surface area contributed by atoms with Crippen LogP contribution >= 0.6 is 0 Å². The summed E-state index contributed by atoms with van der Waals surface area (Å²) in [5.74, 6) is -0.765. The molecule has 1 atom stereocenters. The second kappa shape index (κ2) is 2.48. The molecule has 0 aromatic rings. The quantitative estimate of drug-likeness (QED) is 0.664. The lowest BCUT2D eigenvalue weighted by Gasteiger charge is -2.23. The molecule has 0 spiro atoms. The highest BCUT2D eigenvalue weighted by Gasteiger charge is 2.56. The van der Waals surface area contributed by atoms with Crippen molar-refractivity contribution in [1.82, 2.24) is 0 Å². The van der Waals surface area contributed by atoms with Crippen molar-refractivity contribution in [1.29, 1.82) is 0 Å². The molecule has 2 rings (SSSR count). The van der Waals surface area contributed by atoms with Gasteiger partial charge in [-0.2, -0.15) is 0 Å². The molecule has 0 amide bonds. The fraction of sp³-hybridized carbons (Fsp3) is 0.625. The molecule has 1 aliphatic carbocycles. The number of rotatable bonds is 2. The Morgan fingerprint density at radius 1 is 1.58 bits per heavy atom. The maximum absolute atomic E-state index is 10.8. The number of carbonyl (C=O) groups is 1. The van der Waals surface area contributed by atoms with Gasteiger partial charge in [-0.1, -0.05) is 0 Å². The summed E-state index contributed by atoms with van der Waals surface area (Å²) in [5.41, 5.74) is -0.653. The van der Waals surface area contributed by atoms with Gasteiger partial charge in [-0.3, -0.25) is 4.79 Å². The van der Waals surface area contributed by atoms with E-state index in [1.54, 1.807) is 6.08 Å². The SMILES string of the molecule is O=C(O)C1(C2C=COCO2)CC1. The number of hydrogen-bond acceptors (Lipinski definition) is 3. The molecule has 1 heterocycles. The smallest absolute Gasteiger partial charge is 0.312 e. The standard InChI is InChI=1S/C8H10O4/c9-7(10)8(2-3-8)6-1-4-11-5-12-6/h1,4,6H,2-3,5H2,(H,9,10). The molecule has 0 radical (unpaired) electrons. The first-order valence-corrected chi connectivity index (χ1v) is 3.89. The minimum Gasteiger partial charge on any atom is -0.481 e. The monoisotopic (exact) mass is 170 g/mol. The molecule has 2 aliphatic rings. The van der Waals surface area contributed by atoms with Crippen LogP contribution in [-0.4, -0.2) is 24.0 Å². The van der Waals surface area contributed by atoms with E-state index in [0.717, 1.165) is 0 Å². The van der Waals surface area contributed by atoms with E-state index in [9.17, 15) is 4.79 Å². The largest absolute Gasteiger partial charge is 0.481 e. The predicted octanol–water partition coefficient (Wildman–Crippen LogP) is 0.738. The van der Waals surface area contributed by atoms with Crippen molar-refractivity contribution in [2.45, 2.75) is 18.9 Å². The van der Waals surface area contributed by atoms with Gasteiger partial charge < -0.3 is 14.6 Å². The fourth-order valence-corrected chi connectivity index (χ4v) is 1.43. The van der Waals surface area contributed by atoms with E-state index in [4.69, 9.17) is 14.6 Å². The maximum atomic E-state index is 10.8. The van der Waals surface area contributed by atoms with Gasteiger partial charge in [0, 0.05) is 0 Å². The first-order chi connectivity index (χ1) is 5.76. The van der Waals surface area contributed by atoms with Crippen LogP contribution in [0.3, 0.4) is 0 Å². The lowest BCUT2D eigenvalue weighted by molar-refractivity contribution is -0.153. The first kappa shape index (κ1) is 7.61. The molecule has 1 N–H and O–H groups in total. The Hall–Kier alpha value is -1.03. The van der Waals surface area contributed by atoms with E-state index in [1.165, 1.54) is 6.26 Å². The number of carboxylic acid groups (broad SMARTS) is 1. The van der Waals surface area contributed by atoms with Gasteiger partial charge in [-0.15, -0.1) is 0 Å². The van der Waals surface area contributed by atoms with Crippen molar-refractivity contribution in [3.05, 3.63) is 12.3 Å². The van der Waals surface area contributed by atoms with Gasteiger partial charge in [-0.25, -0.2) is 0 Å². The maximum Gasteiger partial charge on any atom is 0.312 e. The van der Waals surface area contributed by atoms with Gasteiger partial charge in [0.25, 0.3) is 0 Å². The second-order valence-electron chi connectivity index (χ2n) is 3.16. The Labute approximate surface area is 69.8 Å². The van der Waals surface area contributed by atoms with Crippen LogP contribution in [0.4, 0.5) is 0 Å². The second-order valence-corrected chi connectivity index (χ2v) is 3.16. The molecule has 1 aliphatic heterocycles. The molecule has 1 unspecified atom stereocenters. The highest BCUT2D eigenvalue weighted by molar-refractivity contribution is 5.79. The van der Waals surface area contributed by atoms with Gasteiger partial charge in [0.05, 0.1) is 17.8 Å². The third kappa shape index (κ3) is 0.992. The van der Waals surface area contributed by atoms with E-state index in [1.807, 2.05) is 0 Å². The number of hydrogen-bond donors (Lipinski definition) is 1. The number of carboxylic acids is 1. The number of aliphatic carboxylic acids is 1. The summed E-state index contributed by atoms with van der Waals surface area (Å²) >= 11 is 0. The number of ether oxygens (including phenoxy) is 2. The van der Waals surface area contributed by atoms with E-state index in [2.05, 4.69) is 0 Å². The molecule has 0 aromatic heterocycles. The highest BCUT2D eigenvalue weighted by atomic mass is 16.7. The Morgan fingerprint density at radius 3 is 2.75 bits per heavy atom. The molecule has 12 heavy (non-hydrogen) atoms. The van der Waals surface area contributed by atoms with Gasteiger partial charge in [0.15, 0.2) is 6.79 Å². The fourth-order valence-electron chi connectivity index (χ4n) is 1.43.